The Bertz CT molecular complexity index is 552. The van der Waals surface area contributed by atoms with Gasteiger partial charge in [0.25, 0.3) is 5.91 Å². The molecule has 1 saturated heterocycles. The van der Waals surface area contributed by atoms with Crippen molar-refractivity contribution >= 4 is 11.7 Å². The first-order valence-corrected chi connectivity index (χ1v) is 7.56. The van der Waals surface area contributed by atoms with Crippen LogP contribution in [0.2, 0.25) is 0 Å². The molecule has 0 radical (unpaired) electrons. The highest BCUT2D eigenvalue weighted by atomic mass is 16.2. The van der Waals surface area contributed by atoms with Crippen molar-refractivity contribution in [3.63, 3.8) is 0 Å². The van der Waals surface area contributed by atoms with Gasteiger partial charge in [-0.2, -0.15) is 0 Å². The number of carbonyl (C=O) groups excluding carboxylic acids is 2. The van der Waals surface area contributed by atoms with Gasteiger partial charge in [-0.25, -0.2) is 0 Å². The predicted octanol–water partition coefficient (Wildman–Crippen LogP) is 2.00. The summed E-state index contributed by atoms with van der Waals surface area (Å²) in [7, 11) is 0. The van der Waals surface area contributed by atoms with Gasteiger partial charge in [-0.3, -0.25) is 14.5 Å². The number of nitrogens with one attached hydrogen (secondary N) is 1. The average Bonchev–Trinajstić information content (AvgIpc) is 2.73. The van der Waals surface area contributed by atoms with E-state index in [1.165, 1.54) is 0 Å². The molecule has 0 aliphatic carbocycles. The summed E-state index contributed by atoms with van der Waals surface area (Å²) >= 11 is 0. The van der Waals surface area contributed by atoms with Crippen LogP contribution in [0.4, 0.5) is 0 Å². The molecule has 21 heavy (non-hydrogen) atoms. The van der Waals surface area contributed by atoms with Crippen LogP contribution < -0.4 is 0 Å². The van der Waals surface area contributed by atoms with Crippen LogP contribution in [0.1, 0.15) is 52.9 Å². The summed E-state index contributed by atoms with van der Waals surface area (Å²) in [6.07, 6.45) is 0. The highest BCUT2D eigenvalue weighted by Crippen LogP contribution is 2.20. The van der Waals surface area contributed by atoms with Crippen LogP contribution in [-0.2, 0) is 0 Å². The third kappa shape index (κ3) is 3.02. The van der Waals surface area contributed by atoms with Gasteiger partial charge in [-0.1, -0.05) is 0 Å². The summed E-state index contributed by atoms with van der Waals surface area (Å²) in [5, 5.41) is 0. The topological polar surface area (TPSA) is 56.4 Å². The van der Waals surface area contributed by atoms with E-state index in [1.54, 1.807) is 6.92 Å². The fourth-order valence-electron chi connectivity index (χ4n) is 3.09. The molecule has 1 aromatic rings. The number of piperazine rings is 1. The van der Waals surface area contributed by atoms with Crippen molar-refractivity contribution in [1.29, 1.82) is 0 Å². The van der Waals surface area contributed by atoms with Crippen molar-refractivity contribution in [3.05, 3.63) is 22.5 Å². The predicted molar refractivity (Wildman–Crippen MR) is 82.9 cm³/mol. The molecule has 116 valence electrons. The standard InChI is InChI=1S/C16H25N3O2/c1-10(2)18-6-8-19(9-7-18)16(21)15-11(3)14(13(5)20)12(4)17-15/h10,17H,6-9H2,1-5H3. The molecule has 1 N–H and O–H groups in total. The number of ketones is 1. The molecule has 1 aliphatic heterocycles. The largest absolute Gasteiger partial charge is 0.354 e. The molecule has 0 spiro atoms. The number of hydrogen-bond donors (Lipinski definition) is 1. The molecule has 0 unspecified atom stereocenters. The van der Waals surface area contributed by atoms with Crippen LogP contribution in [-0.4, -0.2) is 58.7 Å². The summed E-state index contributed by atoms with van der Waals surface area (Å²) in [4.78, 5) is 31.7. The lowest BCUT2D eigenvalue weighted by Crippen LogP contribution is -2.50. The molecule has 1 fully saturated rings. The number of nitrogens with zero attached hydrogens (tertiary/aromatic N) is 2. The second-order valence-corrected chi connectivity index (χ2v) is 6.10. The zero-order chi connectivity index (χ0) is 15.7. The van der Waals surface area contributed by atoms with E-state index >= 15 is 0 Å². The van der Waals surface area contributed by atoms with Crippen molar-refractivity contribution in [2.75, 3.05) is 26.2 Å². The Hall–Kier alpha value is -1.62. The van der Waals surface area contributed by atoms with Gasteiger partial charge in [0.15, 0.2) is 5.78 Å². The minimum Gasteiger partial charge on any atom is -0.354 e. The van der Waals surface area contributed by atoms with E-state index in [2.05, 4.69) is 23.7 Å². The molecule has 1 aromatic heterocycles. The molecular formula is C16H25N3O2. The monoisotopic (exact) mass is 291 g/mol. The molecule has 5 nitrogen and oxygen atoms in total. The van der Waals surface area contributed by atoms with Crippen molar-refractivity contribution in [2.45, 2.75) is 40.7 Å². The second kappa shape index (κ2) is 6.02. The van der Waals surface area contributed by atoms with Crippen LogP contribution in [0.3, 0.4) is 0 Å². The van der Waals surface area contributed by atoms with E-state index in [1.807, 2.05) is 18.7 Å². The summed E-state index contributed by atoms with van der Waals surface area (Å²) in [6, 6.07) is 0.515. The first kappa shape index (κ1) is 15.8. The van der Waals surface area contributed by atoms with Gasteiger partial charge in [0.1, 0.15) is 5.69 Å². The number of Topliss-reactive ketones (excluding diaryl/α,β-unsaturated/α-hetero) is 1. The number of carbonyl (C=O) groups is 2. The minimum absolute atomic E-state index is 0.00456. The Morgan fingerprint density at radius 3 is 2.10 bits per heavy atom. The third-order valence-corrected chi connectivity index (χ3v) is 4.34. The fourth-order valence-corrected chi connectivity index (χ4v) is 3.09. The van der Waals surface area contributed by atoms with Gasteiger partial charge in [0.05, 0.1) is 0 Å². The number of aryl methyl sites for hydroxylation is 1. The molecule has 0 bridgehead atoms. The van der Waals surface area contributed by atoms with Crippen LogP contribution in [0.25, 0.3) is 0 Å². The maximum Gasteiger partial charge on any atom is 0.270 e. The van der Waals surface area contributed by atoms with Crippen molar-refractivity contribution in [1.82, 2.24) is 14.8 Å². The van der Waals surface area contributed by atoms with E-state index < -0.39 is 0 Å². The van der Waals surface area contributed by atoms with E-state index in [4.69, 9.17) is 0 Å². The normalized spacial score (nSPS) is 16.6. The number of rotatable bonds is 3. The van der Waals surface area contributed by atoms with Crippen LogP contribution >= 0.6 is 0 Å². The lowest BCUT2D eigenvalue weighted by atomic mass is 10.1. The molecule has 1 aliphatic rings. The lowest BCUT2D eigenvalue weighted by Gasteiger charge is -2.36. The van der Waals surface area contributed by atoms with Crippen LogP contribution in [0.5, 0.6) is 0 Å². The molecule has 5 heteroatoms. The molecule has 2 rings (SSSR count). The van der Waals surface area contributed by atoms with Crippen molar-refractivity contribution < 1.29 is 9.59 Å². The van der Waals surface area contributed by atoms with Crippen LogP contribution in [0, 0.1) is 13.8 Å². The minimum atomic E-state index is 0.00456. The summed E-state index contributed by atoms with van der Waals surface area (Å²) in [5.74, 6) is 0.0106. The Morgan fingerprint density at radius 2 is 1.67 bits per heavy atom. The molecule has 2 heterocycles. The maximum absolute atomic E-state index is 12.7. The Balaban J connectivity index is 2.15. The summed E-state index contributed by atoms with van der Waals surface area (Å²) in [6.45, 7) is 12.9. The molecular weight excluding hydrogens is 266 g/mol. The number of aromatic amines is 1. The number of amides is 1. The molecule has 1 amide bonds. The van der Waals surface area contributed by atoms with Gasteiger partial charge in [-0.05, 0) is 40.2 Å². The third-order valence-electron chi connectivity index (χ3n) is 4.34. The van der Waals surface area contributed by atoms with Crippen molar-refractivity contribution in [2.24, 2.45) is 0 Å². The van der Waals surface area contributed by atoms with E-state index in [0.29, 0.717) is 17.3 Å². The Labute approximate surface area is 126 Å². The van der Waals surface area contributed by atoms with Gasteiger partial charge in [-0.15, -0.1) is 0 Å². The Morgan fingerprint density at radius 1 is 1.10 bits per heavy atom. The molecule has 0 aromatic carbocycles. The van der Waals surface area contributed by atoms with Gasteiger partial charge >= 0.3 is 0 Å². The zero-order valence-electron chi connectivity index (χ0n) is 13.6. The molecule has 0 atom stereocenters. The summed E-state index contributed by atoms with van der Waals surface area (Å²) in [5.41, 5.74) is 2.77. The van der Waals surface area contributed by atoms with Gasteiger partial charge in [0.2, 0.25) is 0 Å². The zero-order valence-corrected chi connectivity index (χ0v) is 13.6. The molecule has 0 saturated carbocycles. The SMILES string of the molecule is CC(=O)c1c(C)[nH]c(C(=O)N2CCN(C(C)C)CC2)c1C. The van der Waals surface area contributed by atoms with Crippen molar-refractivity contribution in [3.8, 4) is 0 Å². The fraction of sp³-hybridized carbons (Fsp3) is 0.625. The van der Waals surface area contributed by atoms with Gasteiger partial charge < -0.3 is 9.88 Å². The number of hydrogen-bond acceptors (Lipinski definition) is 3. The van der Waals surface area contributed by atoms with Gasteiger partial charge in [0, 0.05) is 43.5 Å². The van der Waals surface area contributed by atoms with E-state index in [-0.39, 0.29) is 11.7 Å². The number of H-pyrrole nitrogens is 1. The number of aromatic nitrogens is 1. The maximum atomic E-state index is 12.7. The highest BCUT2D eigenvalue weighted by molar-refractivity contribution is 6.02. The highest BCUT2D eigenvalue weighted by Gasteiger charge is 2.27. The van der Waals surface area contributed by atoms with Crippen LogP contribution in [0.15, 0.2) is 0 Å². The first-order valence-electron chi connectivity index (χ1n) is 7.56. The first-order chi connectivity index (χ1) is 9.82. The quantitative estimate of drug-likeness (QED) is 0.867. The van der Waals surface area contributed by atoms with E-state index in [9.17, 15) is 9.59 Å². The lowest BCUT2D eigenvalue weighted by molar-refractivity contribution is 0.0590. The smallest absolute Gasteiger partial charge is 0.270 e. The Kier molecular flexibility index (Phi) is 4.52. The van der Waals surface area contributed by atoms with E-state index in [0.717, 1.165) is 37.4 Å². The average molecular weight is 291 g/mol. The summed E-state index contributed by atoms with van der Waals surface area (Å²) < 4.78 is 0. The second-order valence-electron chi connectivity index (χ2n) is 6.10.